The number of amides is 1. The summed E-state index contributed by atoms with van der Waals surface area (Å²) in [6.07, 6.45) is 7.66. The summed E-state index contributed by atoms with van der Waals surface area (Å²) in [6.45, 7) is 2.84. The minimum Gasteiger partial charge on any atom is -0.351 e. The van der Waals surface area contributed by atoms with Crippen LogP contribution in [-0.4, -0.2) is 18.5 Å². The van der Waals surface area contributed by atoms with E-state index in [0.29, 0.717) is 13.0 Å². The summed E-state index contributed by atoms with van der Waals surface area (Å²) in [5, 5.41) is 8.61. The maximum atomic E-state index is 12.2. The molecule has 2 N–H and O–H groups in total. The van der Waals surface area contributed by atoms with Crippen LogP contribution >= 0.6 is 11.3 Å². The minimum atomic E-state index is 0.0331. The van der Waals surface area contributed by atoms with Crippen LogP contribution in [-0.2, 0) is 17.8 Å². The van der Waals surface area contributed by atoms with E-state index in [-0.39, 0.29) is 11.4 Å². The smallest absolute Gasteiger partial charge is 0.222 e. The molecule has 0 saturated heterocycles. The Bertz CT molecular complexity index is 435. The van der Waals surface area contributed by atoms with Gasteiger partial charge < -0.3 is 10.6 Å². The summed E-state index contributed by atoms with van der Waals surface area (Å²) in [4.78, 5) is 13.5. The Labute approximate surface area is 126 Å². The maximum absolute atomic E-state index is 12.2. The molecule has 1 aliphatic carbocycles. The summed E-state index contributed by atoms with van der Waals surface area (Å²) in [7, 11) is 1.99. The Morgan fingerprint density at radius 3 is 2.75 bits per heavy atom. The highest BCUT2D eigenvalue weighted by molar-refractivity contribution is 7.10. The number of carbonyl (C=O) groups is 1. The standard InChI is InChI=1S/C16H26N2OS/c1-3-13-7-10-20-14(13)12-18-15(19)11-16(17-2)8-5-4-6-9-16/h7,10,17H,3-6,8-9,11-12H2,1-2H3,(H,18,19). The van der Waals surface area contributed by atoms with Crippen LogP contribution in [0.5, 0.6) is 0 Å². The zero-order chi connectivity index (χ0) is 14.4. The van der Waals surface area contributed by atoms with Crippen molar-refractivity contribution in [3.05, 3.63) is 21.9 Å². The molecule has 1 aromatic rings. The summed E-state index contributed by atoms with van der Waals surface area (Å²) < 4.78 is 0. The molecule has 20 heavy (non-hydrogen) atoms. The van der Waals surface area contributed by atoms with Crippen LogP contribution in [0.1, 0.15) is 55.9 Å². The first-order valence-electron chi connectivity index (χ1n) is 7.70. The molecular formula is C16H26N2OS. The highest BCUT2D eigenvalue weighted by atomic mass is 32.1. The predicted octanol–water partition coefficient (Wildman–Crippen LogP) is 3.24. The lowest BCUT2D eigenvalue weighted by molar-refractivity contribution is -0.123. The number of hydrogen-bond acceptors (Lipinski definition) is 3. The predicted molar refractivity (Wildman–Crippen MR) is 85.0 cm³/mol. The molecular weight excluding hydrogens is 268 g/mol. The lowest BCUT2D eigenvalue weighted by Gasteiger charge is -2.36. The molecule has 112 valence electrons. The van der Waals surface area contributed by atoms with Gasteiger partial charge in [-0.15, -0.1) is 11.3 Å². The molecule has 0 radical (unpaired) electrons. The van der Waals surface area contributed by atoms with Crippen LogP contribution in [0.25, 0.3) is 0 Å². The quantitative estimate of drug-likeness (QED) is 0.845. The van der Waals surface area contributed by atoms with Crippen molar-refractivity contribution in [1.82, 2.24) is 10.6 Å². The monoisotopic (exact) mass is 294 g/mol. The van der Waals surface area contributed by atoms with E-state index in [9.17, 15) is 4.79 Å². The second kappa shape index (κ2) is 7.23. The van der Waals surface area contributed by atoms with E-state index in [1.54, 1.807) is 11.3 Å². The normalized spacial score (nSPS) is 17.9. The topological polar surface area (TPSA) is 41.1 Å². The number of rotatable bonds is 6. The van der Waals surface area contributed by atoms with E-state index in [1.807, 2.05) is 7.05 Å². The van der Waals surface area contributed by atoms with E-state index in [0.717, 1.165) is 19.3 Å². The molecule has 0 aliphatic heterocycles. The van der Waals surface area contributed by atoms with Gasteiger partial charge in [0.2, 0.25) is 5.91 Å². The zero-order valence-corrected chi connectivity index (χ0v) is 13.4. The van der Waals surface area contributed by atoms with Gasteiger partial charge in [-0.2, -0.15) is 0 Å². The molecule has 1 amide bonds. The van der Waals surface area contributed by atoms with Crippen LogP contribution in [0.4, 0.5) is 0 Å². The van der Waals surface area contributed by atoms with Crippen molar-refractivity contribution in [1.29, 1.82) is 0 Å². The summed E-state index contributed by atoms with van der Waals surface area (Å²) >= 11 is 1.74. The molecule has 0 spiro atoms. The van der Waals surface area contributed by atoms with E-state index < -0.39 is 0 Å². The van der Waals surface area contributed by atoms with Gasteiger partial charge in [0.15, 0.2) is 0 Å². The molecule has 1 aromatic heterocycles. The Morgan fingerprint density at radius 2 is 2.10 bits per heavy atom. The van der Waals surface area contributed by atoms with Crippen LogP contribution in [0.2, 0.25) is 0 Å². The number of thiophene rings is 1. The average molecular weight is 294 g/mol. The summed E-state index contributed by atoms with van der Waals surface area (Å²) in [5.74, 6) is 0.178. The lowest BCUT2D eigenvalue weighted by Crippen LogP contribution is -2.48. The first-order valence-corrected chi connectivity index (χ1v) is 8.58. The third-order valence-corrected chi connectivity index (χ3v) is 5.47. The van der Waals surface area contributed by atoms with Crippen LogP contribution < -0.4 is 10.6 Å². The lowest BCUT2D eigenvalue weighted by atomic mass is 9.79. The fourth-order valence-corrected chi connectivity index (χ4v) is 4.05. The molecule has 2 rings (SSSR count). The van der Waals surface area contributed by atoms with Crippen molar-refractivity contribution in [3.63, 3.8) is 0 Å². The maximum Gasteiger partial charge on any atom is 0.222 e. The van der Waals surface area contributed by atoms with Crippen molar-refractivity contribution in [2.75, 3.05) is 7.05 Å². The van der Waals surface area contributed by atoms with E-state index in [1.165, 1.54) is 29.7 Å². The van der Waals surface area contributed by atoms with Gasteiger partial charge in [-0.05, 0) is 43.3 Å². The Morgan fingerprint density at radius 1 is 1.35 bits per heavy atom. The van der Waals surface area contributed by atoms with Crippen molar-refractivity contribution in [2.45, 2.75) is 64.0 Å². The number of nitrogens with one attached hydrogen (secondary N) is 2. The SMILES string of the molecule is CCc1ccsc1CNC(=O)CC1(NC)CCCCC1. The van der Waals surface area contributed by atoms with Crippen molar-refractivity contribution < 1.29 is 4.79 Å². The molecule has 1 saturated carbocycles. The third-order valence-electron chi connectivity index (χ3n) is 4.50. The molecule has 1 fully saturated rings. The van der Waals surface area contributed by atoms with Crippen molar-refractivity contribution in [3.8, 4) is 0 Å². The van der Waals surface area contributed by atoms with E-state index in [4.69, 9.17) is 0 Å². The molecule has 3 nitrogen and oxygen atoms in total. The third kappa shape index (κ3) is 3.83. The largest absolute Gasteiger partial charge is 0.351 e. The summed E-state index contributed by atoms with van der Waals surface area (Å²) in [6, 6.07) is 2.16. The highest BCUT2D eigenvalue weighted by Gasteiger charge is 2.32. The highest BCUT2D eigenvalue weighted by Crippen LogP contribution is 2.30. The molecule has 0 bridgehead atoms. The summed E-state index contributed by atoms with van der Waals surface area (Å²) in [5.41, 5.74) is 1.39. The molecule has 0 unspecified atom stereocenters. The van der Waals surface area contributed by atoms with Gasteiger partial charge >= 0.3 is 0 Å². The zero-order valence-electron chi connectivity index (χ0n) is 12.6. The van der Waals surface area contributed by atoms with Crippen molar-refractivity contribution in [2.24, 2.45) is 0 Å². The Kier molecular flexibility index (Phi) is 5.61. The van der Waals surface area contributed by atoms with Crippen LogP contribution in [0.15, 0.2) is 11.4 Å². The Balaban J connectivity index is 1.85. The molecule has 0 aromatic carbocycles. The first-order chi connectivity index (χ1) is 9.69. The number of hydrogen-bond donors (Lipinski definition) is 2. The van der Waals surface area contributed by atoms with Gasteiger partial charge in [-0.3, -0.25) is 4.79 Å². The van der Waals surface area contributed by atoms with E-state index >= 15 is 0 Å². The molecule has 1 aliphatic rings. The van der Waals surface area contributed by atoms with Gasteiger partial charge in [0.25, 0.3) is 0 Å². The van der Waals surface area contributed by atoms with E-state index in [2.05, 4.69) is 29.0 Å². The molecule has 4 heteroatoms. The van der Waals surface area contributed by atoms with Crippen LogP contribution in [0.3, 0.4) is 0 Å². The number of carbonyl (C=O) groups excluding carboxylic acids is 1. The minimum absolute atomic E-state index is 0.0331. The second-order valence-corrected chi connectivity index (χ2v) is 6.77. The second-order valence-electron chi connectivity index (χ2n) is 5.77. The van der Waals surface area contributed by atoms with Gasteiger partial charge in [0, 0.05) is 16.8 Å². The van der Waals surface area contributed by atoms with Gasteiger partial charge in [-0.25, -0.2) is 0 Å². The fraction of sp³-hybridized carbons (Fsp3) is 0.688. The molecule has 1 heterocycles. The van der Waals surface area contributed by atoms with Gasteiger partial charge in [0.1, 0.15) is 0 Å². The van der Waals surface area contributed by atoms with Crippen molar-refractivity contribution >= 4 is 17.2 Å². The number of aryl methyl sites for hydroxylation is 1. The fourth-order valence-electron chi connectivity index (χ4n) is 3.13. The first kappa shape index (κ1) is 15.5. The van der Waals surface area contributed by atoms with Gasteiger partial charge in [-0.1, -0.05) is 26.2 Å². The average Bonchev–Trinajstić information content (AvgIpc) is 2.93. The van der Waals surface area contributed by atoms with Gasteiger partial charge in [0.05, 0.1) is 6.54 Å². The molecule has 0 atom stereocenters. The Hall–Kier alpha value is -0.870. The van der Waals surface area contributed by atoms with Crippen LogP contribution in [0, 0.1) is 0 Å².